The maximum atomic E-state index is 11.8. The second-order valence-corrected chi connectivity index (χ2v) is 4.20. The Morgan fingerprint density at radius 1 is 1.47 bits per heavy atom. The SMILES string of the molecule is CN(CCCN)CC(=O)Nc1ccccc1[N+](=O)[O-]. The largest absolute Gasteiger partial charge is 0.330 e. The van der Waals surface area contributed by atoms with Crippen LogP contribution in [0, 0.1) is 10.1 Å². The van der Waals surface area contributed by atoms with E-state index in [9.17, 15) is 14.9 Å². The molecule has 1 rings (SSSR count). The normalized spacial score (nSPS) is 10.5. The molecular formula is C12H18N4O3. The highest BCUT2D eigenvalue weighted by atomic mass is 16.6. The van der Waals surface area contributed by atoms with Crippen molar-refractivity contribution in [3.05, 3.63) is 34.4 Å². The number of nitro groups is 1. The monoisotopic (exact) mass is 266 g/mol. The highest BCUT2D eigenvalue weighted by Gasteiger charge is 2.15. The van der Waals surface area contributed by atoms with Crippen molar-refractivity contribution >= 4 is 17.3 Å². The smallest absolute Gasteiger partial charge is 0.292 e. The van der Waals surface area contributed by atoms with Gasteiger partial charge in [-0.25, -0.2) is 0 Å². The lowest BCUT2D eigenvalue weighted by molar-refractivity contribution is -0.383. The van der Waals surface area contributed by atoms with Gasteiger partial charge in [-0.3, -0.25) is 19.8 Å². The summed E-state index contributed by atoms with van der Waals surface area (Å²) in [6.45, 7) is 1.45. The number of nitrogens with one attached hydrogen (secondary N) is 1. The lowest BCUT2D eigenvalue weighted by Gasteiger charge is -2.15. The molecule has 0 aliphatic rings. The van der Waals surface area contributed by atoms with E-state index in [-0.39, 0.29) is 23.8 Å². The zero-order chi connectivity index (χ0) is 14.3. The first-order chi connectivity index (χ1) is 9.04. The molecule has 0 aliphatic heterocycles. The van der Waals surface area contributed by atoms with Crippen LogP contribution in [0.4, 0.5) is 11.4 Å². The second kappa shape index (κ2) is 7.45. The van der Waals surface area contributed by atoms with Crippen LogP contribution in [-0.2, 0) is 4.79 Å². The minimum absolute atomic E-state index is 0.111. The Bertz CT molecular complexity index is 450. The van der Waals surface area contributed by atoms with Crippen LogP contribution in [0.3, 0.4) is 0 Å². The van der Waals surface area contributed by atoms with E-state index in [2.05, 4.69) is 5.32 Å². The third-order valence-electron chi connectivity index (χ3n) is 2.53. The summed E-state index contributed by atoms with van der Waals surface area (Å²) in [5.74, 6) is -0.283. The molecule has 0 aromatic heterocycles. The van der Waals surface area contributed by atoms with Crippen molar-refractivity contribution < 1.29 is 9.72 Å². The van der Waals surface area contributed by atoms with Gasteiger partial charge in [-0.2, -0.15) is 0 Å². The number of benzene rings is 1. The molecule has 1 aromatic rings. The van der Waals surface area contributed by atoms with Gasteiger partial charge in [0.1, 0.15) is 5.69 Å². The van der Waals surface area contributed by atoms with Crippen molar-refractivity contribution in [3.63, 3.8) is 0 Å². The molecule has 0 spiro atoms. The summed E-state index contributed by atoms with van der Waals surface area (Å²) in [5, 5.41) is 13.3. The standard InChI is InChI=1S/C12H18N4O3/c1-15(8-4-7-13)9-12(17)14-10-5-2-3-6-11(10)16(18)19/h2-3,5-6H,4,7-9,13H2,1H3,(H,14,17). The number of carbonyl (C=O) groups excluding carboxylic acids is 1. The second-order valence-electron chi connectivity index (χ2n) is 4.20. The number of nitrogens with zero attached hydrogens (tertiary/aromatic N) is 2. The number of anilines is 1. The molecule has 0 radical (unpaired) electrons. The number of hydrogen-bond acceptors (Lipinski definition) is 5. The molecule has 19 heavy (non-hydrogen) atoms. The van der Waals surface area contributed by atoms with E-state index in [0.29, 0.717) is 13.1 Å². The van der Waals surface area contributed by atoms with Gasteiger partial charge in [-0.15, -0.1) is 0 Å². The van der Waals surface area contributed by atoms with Crippen molar-refractivity contribution in [2.45, 2.75) is 6.42 Å². The molecule has 0 atom stereocenters. The topological polar surface area (TPSA) is 102 Å². The third kappa shape index (κ3) is 5.02. The first kappa shape index (κ1) is 15.1. The van der Waals surface area contributed by atoms with E-state index in [1.54, 1.807) is 19.2 Å². The molecule has 7 nitrogen and oxygen atoms in total. The molecule has 104 valence electrons. The highest BCUT2D eigenvalue weighted by molar-refractivity contribution is 5.94. The molecule has 0 heterocycles. The minimum atomic E-state index is -0.520. The van der Waals surface area contributed by atoms with Crippen LogP contribution >= 0.6 is 0 Å². The van der Waals surface area contributed by atoms with Crippen molar-refractivity contribution in [2.24, 2.45) is 5.73 Å². The van der Waals surface area contributed by atoms with E-state index >= 15 is 0 Å². The quantitative estimate of drug-likeness (QED) is 0.562. The summed E-state index contributed by atoms with van der Waals surface area (Å²) in [6.07, 6.45) is 0.801. The number of hydrogen-bond donors (Lipinski definition) is 2. The predicted octanol–water partition coefficient (Wildman–Crippen LogP) is 0.814. The molecule has 1 aromatic carbocycles. The Hall–Kier alpha value is -1.99. The van der Waals surface area contributed by atoms with E-state index in [1.165, 1.54) is 12.1 Å². The van der Waals surface area contributed by atoms with Gasteiger partial charge in [0, 0.05) is 6.07 Å². The van der Waals surface area contributed by atoms with Crippen LogP contribution in [0.15, 0.2) is 24.3 Å². The van der Waals surface area contributed by atoms with Gasteiger partial charge in [0.2, 0.25) is 5.91 Å². The fraction of sp³-hybridized carbons (Fsp3) is 0.417. The Balaban J connectivity index is 2.60. The number of carbonyl (C=O) groups is 1. The predicted molar refractivity (Wildman–Crippen MR) is 72.9 cm³/mol. The van der Waals surface area contributed by atoms with Crippen LogP contribution in [0.25, 0.3) is 0 Å². The van der Waals surface area contributed by atoms with Crippen molar-refractivity contribution in [2.75, 3.05) is 32.0 Å². The van der Waals surface area contributed by atoms with E-state index in [0.717, 1.165) is 6.42 Å². The lowest BCUT2D eigenvalue weighted by atomic mass is 10.2. The summed E-state index contributed by atoms with van der Waals surface area (Å²) in [7, 11) is 1.80. The Morgan fingerprint density at radius 3 is 2.79 bits per heavy atom. The summed E-state index contributed by atoms with van der Waals surface area (Å²) >= 11 is 0. The van der Waals surface area contributed by atoms with Gasteiger partial charge in [0.25, 0.3) is 5.69 Å². The van der Waals surface area contributed by atoms with Crippen molar-refractivity contribution in [3.8, 4) is 0 Å². The molecule has 0 unspecified atom stereocenters. The first-order valence-corrected chi connectivity index (χ1v) is 5.96. The molecule has 0 bridgehead atoms. The van der Waals surface area contributed by atoms with Crippen molar-refractivity contribution in [1.82, 2.24) is 4.90 Å². The lowest BCUT2D eigenvalue weighted by Crippen LogP contribution is -2.31. The summed E-state index contributed by atoms with van der Waals surface area (Å²) in [6, 6.07) is 6.06. The van der Waals surface area contributed by atoms with Crippen LogP contribution in [0.2, 0.25) is 0 Å². The van der Waals surface area contributed by atoms with Gasteiger partial charge in [-0.1, -0.05) is 12.1 Å². The number of para-hydroxylation sites is 2. The maximum absolute atomic E-state index is 11.8. The summed E-state index contributed by atoms with van der Waals surface area (Å²) < 4.78 is 0. The molecule has 0 saturated carbocycles. The Labute approximate surface area is 111 Å². The number of rotatable bonds is 7. The number of nitro benzene ring substituents is 1. The van der Waals surface area contributed by atoms with Crippen LogP contribution in [0.1, 0.15) is 6.42 Å². The zero-order valence-electron chi connectivity index (χ0n) is 10.8. The molecule has 0 aliphatic carbocycles. The fourth-order valence-corrected chi connectivity index (χ4v) is 1.61. The van der Waals surface area contributed by atoms with Gasteiger partial charge in [-0.05, 0) is 32.6 Å². The average Bonchev–Trinajstić information content (AvgIpc) is 2.36. The molecular weight excluding hydrogens is 248 g/mol. The number of likely N-dealkylation sites (N-methyl/N-ethyl adjacent to an activating group) is 1. The van der Waals surface area contributed by atoms with Gasteiger partial charge in [0.05, 0.1) is 11.5 Å². The third-order valence-corrected chi connectivity index (χ3v) is 2.53. The summed E-state index contributed by atoms with van der Waals surface area (Å²) in [5.41, 5.74) is 5.48. The minimum Gasteiger partial charge on any atom is -0.330 e. The summed E-state index contributed by atoms with van der Waals surface area (Å²) in [4.78, 5) is 23.8. The van der Waals surface area contributed by atoms with Crippen LogP contribution in [-0.4, -0.2) is 42.4 Å². The van der Waals surface area contributed by atoms with E-state index < -0.39 is 4.92 Å². The van der Waals surface area contributed by atoms with E-state index in [4.69, 9.17) is 5.73 Å². The molecule has 0 fully saturated rings. The molecule has 0 saturated heterocycles. The number of nitrogens with two attached hydrogens (primary N) is 1. The van der Waals surface area contributed by atoms with E-state index in [1.807, 2.05) is 4.90 Å². The fourth-order valence-electron chi connectivity index (χ4n) is 1.61. The van der Waals surface area contributed by atoms with Crippen LogP contribution in [0.5, 0.6) is 0 Å². The molecule has 7 heteroatoms. The average molecular weight is 266 g/mol. The molecule has 1 amide bonds. The Kier molecular flexibility index (Phi) is 5.91. The zero-order valence-corrected chi connectivity index (χ0v) is 10.8. The highest BCUT2D eigenvalue weighted by Crippen LogP contribution is 2.22. The van der Waals surface area contributed by atoms with Crippen LogP contribution < -0.4 is 11.1 Å². The first-order valence-electron chi connectivity index (χ1n) is 5.96. The molecule has 3 N–H and O–H groups in total. The Morgan fingerprint density at radius 2 is 2.16 bits per heavy atom. The van der Waals surface area contributed by atoms with Gasteiger partial charge < -0.3 is 11.1 Å². The number of amides is 1. The maximum Gasteiger partial charge on any atom is 0.292 e. The van der Waals surface area contributed by atoms with Gasteiger partial charge in [0.15, 0.2) is 0 Å². The van der Waals surface area contributed by atoms with Gasteiger partial charge >= 0.3 is 0 Å². The van der Waals surface area contributed by atoms with Crippen molar-refractivity contribution in [1.29, 1.82) is 0 Å².